The van der Waals surface area contributed by atoms with Gasteiger partial charge in [0.2, 0.25) is 0 Å². The Morgan fingerprint density at radius 3 is 2.50 bits per heavy atom. The van der Waals surface area contributed by atoms with Crippen molar-refractivity contribution in [2.24, 2.45) is 0 Å². The van der Waals surface area contributed by atoms with Gasteiger partial charge in [-0.15, -0.1) is 5.10 Å². The highest BCUT2D eigenvalue weighted by Gasteiger charge is 2.15. The van der Waals surface area contributed by atoms with Gasteiger partial charge in [-0.05, 0) is 29.8 Å². The van der Waals surface area contributed by atoms with Gasteiger partial charge in [0.05, 0.1) is 12.2 Å². The second-order valence-corrected chi connectivity index (χ2v) is 4.74. The second kappa shape index (κ2) is 5.85. The first-order valence-corrected chi connectivity index (χ1v) is 6.56. The smallest absolute Gasteiger partial charge is 0.172 e. The largest absolute Gasteiger partial charge is 0.296 e. The Kier molecular flexibility index (Phi) is 3.74. The molecule has 0 bridgehead atoms. The van der Waals surface area contributed by atoms with Gasteiger partial charge in [-0.1, -0.05) is 29.5 Å². The van der Waals surface area contributed by atoms with E-state index in [0.717, 1.165) is 5.56 Å². The first-order valence-electron chi connectivity index (χ1n) is 6.56. The van der Waals surface area contributed by atoms with Crippen LogP contribution in [0.15, 0.2) is 48.5 Å². The number of nitrogens with zero attached hydrogens (tertiary/aromatic N) is 3. The summed E-state index contributed by atoms with van der Waals surface area (Å²) < 4.78 is 27.9. The summed E-state index contributed by atoms with van der Waals surface area (Å²) in [5, 5.41) is 7.73. The van der Waals surface area contributed by atoms with Crippen molar-refractivity contribution < 1.29 is 13.6 Å². The zero-order chi connectivity index (χ0) is 15.5. The maximum atomic E-state index is 13.4. The van der Waals surface area contributed by atoms with Crippen LogP contribution in [0.4, 0.5) is 8.78 Å². The molecule has 0 spiro atoms. The topological polar surface area (TPSA) is 47.8 Å². The molecule has 4 nitrogen and oxygen atoms in total. The van der Waals surface area contributed by atoms with Crippen molar-refractivity contribution >= 4 is 6.29 Å². The third kappa shape index (κ3) is 2.76. The number of halogens is 2. The number of aromatic nitrogens is 3. The van der Waals surface area contributed by atoms with Crippen LogP contribution in [0.5, 0.6) is 0 Å². The Hall–Kier alpha value is -2.89. The number of benzene rings is 2. The van der Waals surface area contributed by atoms with Crippen LogP contribution in [0.2, 0.25) is 0 Å². The van der Waals surface area contributed by atoms with Crippen LogP contribution in [0.3, 0.4) is 0 Å². The predicted octanol–water partition coefficient (Wildman–Crippen LogP) is 3.08. The summed E-state index contributed by atoms with van der Waals surface area (Å²) in [4.78, 5) is 11.1. The third-order valence-electron chi connectivity index (χ3n) is 3.22. The summed E-state index contributed by atoms with van der Waals surface area (Å²) in [5.74, 6) is -0.745. The number of aldehydes is 1. The lowest BCUT2D eigenvalue weighted by Gasteiger charge is -2.07. The fourth-order valence-electron chi connectivity index (χ4n) is 2.21. The molecule has 0 aliphatic carbocycles. The van der Waals surface area contributed by atoms with E-state index in [1.165, 1.54) is 28.9 Å². The van der Waals surface area contributed by atoms with Crippen LogP contribution in [-0.2, 0) is 6.54 Å². The van der Waals surface area contributed by atoms with Gasteiger partial charge in [-0.3, -0.25) is 4.79 Å². The van der Waals surface area contributed by atoms with Crippen LogP contribution >= 0.6 is 0 Å². The van der Waals surface area contributed by atoms with Crippen molar-refractivity contribution in [2.45, 2.75) is 6.54 Å². The van der Waals surface area contributed by atoms with Gasteiger partial charge in [-0.2, -0.15) is 0 Å². The Balaban J connectivity index is 2.03. The molecule has 3 rings (SSSR count). The summed E-state index contributed by atoms with van der Waals surface area (Å²) in [5.41, 5.74) is 1.86. The van der Waals surface area contributed by atoms with E-state index in [9.17, 15) is 13.6 Å². The number of rotatable bonds is 4. The number of carbonyl (C=O) groups excluding carboxylic acids is 1. The molecule has 0 atom stereocenters. The average molecular weight is 299 g/mol. The van der Waals surface area contributed by atoms with Gasteiger partial charge >= 0.3 is 0 Å². The maximum Gasteiger partial charge on any atom is 0.172 e. The van der Waals surface area contributed by atoms with E-state index in [1.54, 1.807) is 24.3 Å². The van der Waals surface area contributed by atoms with E-state index in [0.29, 0.717) is 24.1 Å². The van der Waals surface area contributed by atoms with E-state index >= 15 is 0 Å². The zero-order valence-corrected chi connectivity index (χ0v) is 11.4. The maximum absolute atomic E-state index is 13.4. The van der Waals surface area contributed by atoms with Crippen LogP contribution in [0, 0.1) is 11.6 Å². The quantitative estimate of drug-likeness (QED) is 0.696. The number of carbonyl (C=O) groups is 1. The Morgan fingerprint density at radius 2 is 1.82 bits per heavy atom. The molecule has 0 saturated carbocycles. The van der Waals surface area contributed by atoms with E-state index in [4.69, 9.17) is 0 Å². The molecule has 1 aromatic heterocycles. The summed E-state index contributed by atoms with van der Waals surface area (Å²) >= 11 is 0. The lowest BCUT2D eigenvalue weighted by Crippen LogP contribution is -2.04. The molecule has 0 aliphatic heterocycles. The minimum Gasteiger partial charge on any atom is -0.296 e. The summed E-state index contributed by atoms with van der Waals surface area (Å²) in [6, 6.07) is 11.8. The van der Waals surface area contributed by atoms with Crippen LogP contribution in [0.1, 0.15) is 16.1 Å². The molecule has 0 saturated heterocycles. The molecule has 0 unspecified atom stereocenters. The highest BCUT2D eigenvalue weighted by molar-refractivity contribution is 5.83. The molecule has 2 aromatic carbocycles. The minimum absolute atomic E-state index is 0.132. The van der Waals surface area contributed by atoms with E-state index in [-0.39, 0.29) is 11.5 Å². The minimum atomic E-state index is -0.413. The monoisotopic (exact) mass is 299 g/mol. The zero-order valence-electron chi connectivity index (χ0n) is 11.4. The molecule has 0 aliphatic rings. The lowest BCUT2D eigenvalue weighted by atomic mass is 10.1. The third-order valence-corrected chi connectivity index (χ3v) is 3.22. The Labute approximate surface area is 125 Å². The normalized spacial score (nSPS) is 10.6. The molecule has 6 heteroatoms. The molecule has 22 heavy (non-hydrogen) atoms. The predicted molar refractivity (Wildman–Crippen MR) is 76.3 cm³/mol. The fraction of sp³-hybridized carbons (Fsp3) is 0.0625. The molecule has 110 valence electrons. The fourth-order valence-corrected chi connectivity index (χ4v) is 2.21. The standard InChI is InChI=1S/C16H11F2N3O/c17-13-6-4-11(5-7-13)9-21-16(15(10-22)19-20-21)12-2-1-3-14(18)8-12/h1-8,10H,9H2. The molecule has 3 aromatic rings. The lowest BCUT2D eigenvalue weighted by molar-refractivity contribution is 0.111. The van der Waals surface area contributed by atoms with E-state index in [1.807, 2.05) is 0 Å². The van der Waals surface area contributed by atoms with Crippen LogP contribution in [-0.4, -0.2) is 21.3 Å². The number of hydrogen-bond acceptors (Lipinski definition) is 3. The van der Waals surface area contributed by atoms with Crippen molar-refractivity contribution in [2.75, 3.05) is 0 Å². The molecule has 0 N–H and O–H groups in total. The second-order valence-electron chi connectivity index (χ2n) is 4.74. The summed E-state index contributed by atoms with van der Waals surface area (Å²) in [6.45, 7) is 0.299. The first kappa shape index (κ1) is 14.1. The van der Waals surface area contributed by atoms with Gasteiger partial charge in [0, 0.05) is 5.56 Å². The Bertz CT molecular complexity index is 813. The van der Waals surface area contributed by atoms with Gasteiger partial charge in [0.25, 0.3) is 0 Å². The molecular formula is C16H11F2N3O. The molecular weight excluding hydrogens is 288 g/mol. The number of hydrogen-bond donors (Lipinski definition) is 0. The molecule has 0 fully saturated rings. The average Bonchev–Trinajstić information content (AvgIpc) is 2.92. The van der Waals surface area contributed by atoms with Gasteiger partial charge in [0.1, 0.15) is 11.6 Å². The van der Waals surface area contributed by atoms with Gasteiger partial charge in [-0.25, -0.2) is 13.5 Å². The van der Waals surface area contributed by atoms with Crippen LogP contribution in [0.25, 0.3) is 11.3 Å². The molecule has 1 heterocycles. The van der Waals surface area contributed by atoms with Crippen molar-refractivity contribution in [3.63, 3.8) is 0 Å². The van der Waals surface area contributed by atoms with Crippen molar-refractivity contribution in [3.8, 4) is 11.3 Å². The SMILES string of the molecule is O=Cc1nnn(Cc2ccc(F)cc2)c1-c1cccc(F)c1. The van der Waals surface area contributed by atoms with Gasteiger partial charge in [0.15, 0.2) is 12.0 Å². The van der Waals surface area contributed by atoms with Crippen molar-refractivity contribution in [1.29, 1.82) is 0 Å². The summed E-state index contributed by atoms with van der Waals surface area (Å²) in [7, 11) is 0. The molecule has 0 amide bonds. The highest BCUT2D eigenvalue weighted by Crippen LogP contribution is 2.23. The first-order chi connectivity index (χ1) is 10.7. The van der Waals surface area contributed by atoms with Crippen molar-refractivity contribution in [1.82, 2.24) is 15.0 Å². The molecule has 0 radical (unpaired) electrons. The van der Waals surface area contributed by atoms with Crippen molar-refractivity contribution in [3.05, 3.63) is 71.4 Å². The van der Waals surface area contributed by atoms with E-state index in [2.05, 4.69) is 10.3 Å². The van der Waals surface area contributed by atoms with E-state index < -0.39 is 5.82 Å². The van der Waals surface area contributed by atoms with Gasteiger partial charge < -0.3 is 0 Å². The van der Waals surface area contributed by atoms with Crippen LogP contribution < -0.4 is 0 Å². The summed E-state index contributed by atoms with van der Waals surface area (Å²) in [6.07, 6.45) is 0.578. The Morgan fingerprint density at radius 1 is 1.05 bits per heavy atom. The highest BCUT2D eigenvalue weighted by atomic mass is 19.1.